The molecule has 13 heteroatoms. The Hall–Kier alpha value is -2.89. The van der Waals surface area contributed by atoms with Crippen LogP contribution in [0.1, 0.15) is 18.4 Å². The number of imide groups is 4. The second-order valence-corrected chi connectivity index (χ2v) is 11.4. The molecule has 0 aromatic heterocycles. The summed E-state index contributed by atoms with van der Waals surface area (Å²) in [6, 6.07) is 3.45. The second-order valence-electron chi connectivity index (χ2n) is 9.67. The Labute approximate surface area is 235 Å². The molecular formula is C25H22BrCl2N3O7. The molecule has 6 atom stereocenters. The first kappa shape index (κ1) is 26.7. The lowest BCUT2D eigenvalue weighted by Crippen LogP contribution is -2.60. The van der Waals surface area contributed by atoms with Gasteiger partial charge in [-0.3, -0.25) is 24.1 Å². The third-order valence-electron chi connectivity index (χ3n) is 7.98. The fraction of sp³-hybridized carbons (Fsp3) is 0.400. The van der Waals surface area contributed by atoms with Gasteiger partial charge in [-0.2, -0.15) is 4.90 Å². The number of ether oxygens (including phenoxy) is 1. The number of hydrogen-bond donors (Lipinski definition) is 2. The first-order valence-electron chi connectivity index (χ1n) is 11.6. The molecule has 38 heavy (non-hydrogen) atoms. The highest BCUT2D eigenvalue weighted by molar-refractivity contribution is 9.09. The van der Waals surface area contributed by atoms with E-state index in [1.165, 1.54) is 13.2 Å². The average Bonchev–Trinajstić information content (AvgIpc) is 3.22. The van der Waals surface area contributed by atoms with Crippen molar-refractivity contribution in [2.75, 3.05) is 12.6 Å². The monoisotopic (exact) mass is 625 g/mol. The molecule has 5 rings (SSSR count). The highest BCUT2D eigenvalue weighted by atomic mass is 79.9. The molecule has 6 amide bonds. The normalized spacial score (nSPS) is 34.4. The molecular weight excluding hydrogens is 605 g/mol. The first-order chi connectivity index (χ1) is 17.9. The zero-order valence-electron chi connectivity index (χ0n) is 19.9. The van der Waals surface area contributed by atoms with Crippen LogP contribution < -0.4 is 10.5 Å². The van der Waals surface area contributed by atoms with E-state index in [0.717, 1.165) is 4.90 Å². The van der Waals surface area contributed by atoms with E-state index in [4.69, 9.17) is 33.7 Å². The number of nitrogens with zero attached hydrogens (tertiary/aromatic N) is 2. The molecule has 2 aliphatic carbocycles. The van der Waals surface area contributed by atoms with Gasteiger partial charge in [0.1, 0.15) is 0 Å². The molecule has 4 aliphatic rings. The van der Waals surface area contributed by atoms with E-state index in [9.17, 15) is 29.1 Å². The van der Waals surface area contributed by atoms with E-state index in [0.29, 0.717) is 16.0 Å². The summed E-state index contributed by atoms with van der Waals surface area (Å²) in [6.07, 6.45) is 4.94. The molecule has 1 saturated carbocycles. The number of carbonyl (C=O) groups is 5. The van der Waals surface area contributed by atoms with Gasteiger partial charge >= 0.3 is 6.03 Å². The van der Waals surface area contributed by atoms with Gasteiger partial charge in [-0.1, -0.05) is 45.8 Å². The third-order valence-corrected chi connectivity index (χ3v) is 9.91. The van der Waals surface area contributed by atoms with Crippen molar-refractivity contribution >= 4 is 74.9 Å². The van der Waals surface area contributed by atoms with Gasteiger partial charge in [0, 0.05) is 5.92 Å². The van der Waals surface area contributed by atoms with Crippen LogP contribution in [-0.4, -0.2) is 66.9 Å². The largest absolute Gasteiger partial charge is 0.504 e. The number of urea groups is 1. The number of aromatic hydroxyl groups is 1. The quantitative estimate of drug-likeness (QED) is 0.226. The summed E-state index contributed by atoms with van der Waals surface area (Å²) >= 11 is 17.2. The van der Waals surface area contributed by atoms with Gasteiger partial charge in [-0.05, 0) is 36.5 Å². The Morgan fingerprint density at radius 3 is 2.55 bits per heavy atom. The smallest absolute Gasteiger partial charge is 0.328 e. The number of rotatable bonds is 4. The zero-order valence-corrected chi connectivity index (χ0v) is 23.0. The summed E-state index contributed by atoms with van der Waals surface area (Å²) in [5.74, 6) is -6.26. The third kappa shape index (κ3) is 3.41. The number of benzene rings is 1. The molecule has 0 bridgehead atoms. The number of halogens is 3. The van der Waals surface area contributed by atoms with E-state index in [1.807, 2.05) is 0 Å². The minimum atomic E-state index is -1.94. The fourth-order valence-corrected chi connectivity index (χ4v) is 7.60. The highest BCUT2D eigenvalue weighted by Gasteiger charge is 2.75. The molecule has 0 unspecified atom stereocenters. The lowest BCUT2D eigenvalue weighted by Gasteiger charge is -2.49. The van der Waals surface area contributed by atoms with Crippen LogP contribution >= 0.6 is 39.1 Å². The van der Waals surface area contributed by atoms with Gasteiger partial charge in [0.05, 0.1) is 24.4 Å². The summed E-state index contributed by atoms with van der Waals surface area (Å²) in [4.78, 5) is 62.6. The number of methoxy groups -OCH3 is 1. The standard InChI is InChI=1S/C25H22BrCl2N3O7/c1-38-17-8-11(3-7-16(17)32)2-6-15-12-4-5-13-18(20(34)31(19(13)33)23(29)37)14(12)9-24(27)21(35)30(10-26)22(36)25(15,24)28/h2-4,6-8,13-15,18,32H,5,9-10H2,1H3,(H2,29,37)/t13-,14+,15-,18-,24+,25-/m0/s1. The molecule has 3 fully saturated rings. The van der Waals surface area contributed by atoms with Crippen LogP contribution in [0.4, 0.5) is 4.79 Å². The lowest BCUT2D eigenvalue weighted by molar-refractivity contribution is -0.139. The van der Waals surface area contributed by atoms with Crippen LogP contribution in [0.3, 0.4) is 0 Å². The predicted octanol–water partition coefficient (Wildman–Crippen LogP) is 2.74. The average molecular weight is 627 g/mol. The zero-order chi connectivity index (χ0) is 27.7. The molecule has 2 saturated heterocycles. The van der Waals surface area contributed by atoms with Crippen LogP contribution in [0.15, 0.2) is 35.9 Å². The number of alkyl halides is 3. The van der Waals surface area contributed by atoms with Crippen molar-refractivity contribution in [2.45, 2.75) is 22.6 Å². The first-order valence-corrected chi connectivity index (χ1v) is 13.5. The van der Waals surface area contributed by atoms with Gasteiger partial charge < -0.3 is 15.6 Å². The Morgan fingerprint density at radius 1 is 1.21 bits per heavy atom. The highest BCUT2D eigenvalue weighted by Crippen LogP contribution is 2.63. The van der Waals surface area contributed by atoms with Crippen molar-refractivity contribution in [3.8, 4) is 11.5 Å². The van der Waals surface area contributed by atoms with E-state index in [2.05, 4.69) is 15.9 Å². The van der Waals surface area contributed by atoms with E-state index >= 15 is 0 Å². The van der Waals surface area contributed by atoms with Crippen LogP contribution in [0.25, 0.3) is 6.08 Å². The maximum atomic E-state index is 13.6. The van der Waals surface area contributed by atoms with E-state index in [-0.39, 0.29) is 29.8 Å². The van der Waals surface area contributed by atoms with Crippen LogP contribution in [0, 0.1) is 23.7 Å². The molecule has 1 aromatic rings. The Balaban J connectivity index is 1.65. The molecule has 2 heterocycles. The molecule has 200 valence electrons. The van der Waals surface area contributed by atoms with Crippen molar-refractivity contribution < 1.29 is 33.8 Å². The molecule has 0 spiro atoms. The van der Waals surface area contributed by atoms with E-state index < -0.39 is 63.1 Å². The summed E-state index contributed by atoms with van der Waals surface area (Å²) in [5, 5.41) is 9.93. The minimum Gasteiger partial charge on any atom is -0.504 e. The number of amides is 6. The fourth-order valence-electron chi connectivity index (χ4n) is 6.22. The van der Waals surface area contributed by atoms with E-state index in [1.54, 1.807) is 30.4 Å². The molecule has 2 aliphatic heterocycles. The Morgan fingerprint density at radius 2 is 1.92 bits per heavy atom. The number of likely N-dealkylation sites (tertiary alicyclic amines) is 2. The van der Waals surface area contributed by atoms with Crippen LogP contribution in [0.5, 0.6) is 11.5 Å². The SMILES string of the molecule is COc1cc(C=C[C@H]2C3=CC[C@@H]4C(=O)N(C(N)=O)C(=O)[C@@H]4[C@@H]3C[C@@]3(Cl)C(=O)N(CBr)C(=O)[C@@]23Cl)ccc1O. The Bertz CT molecular complexity index is 1370. The topological polar surface area (TPSA) is 147 Å². The van der Waals surface area contributed by atoms with Crippen molar-refractivity contribution in [2.24, 2.45) is 29.4 Å². The maximum Gasteiger partial charge on any atom is 0.328 e. The molecule has 1 aromatic carbocycles. The number of carbonyl (C=O) groups excluding carboxylic acids is 5. The number of hydrogen-bond acceptors (Lipinski definition) is 7. The van der Waals surface area contributed by atoms with Crippen molar-refractivity contribution in [1.29, 1.82) is 0 Å². The predicted molar refractivity (Wildman–Crippen MR) is 139 cm³/mol. The van der Waals surface area contributed by atoms with Crippen LogP contribution in [-0.2, 0) is 19.2 Å². The maximum absolute atomic E-state index is 13.6. The molecule has 0 radical (unpaired) electrons. The second kappa shape index (κ2) is 9.10. The van der Waals surface area contributed by atoms with Crippen molar-refractivity contribution in [1.82, 2.24) is 9.80 Å². The summed E-state index contributed by atoms with van der Waals surface area (Å²) < 4.78 is 5.16. The van der Waals surface area contributed by atoms with Gasteiger partial charge in [0.2, 0.25) is 11.8 Å². The molecule has 10 nitrogen and oxygen atoms in total. The summed E-state index contributed by atoms with van der Waals surface area (Å²) in [5.41, 5.74) is 6.35. The van der Waals surface area contributed by atoms with Crippen LogP contribution in [0.2, 0.25) is 0 Å². The Kier molecular flexibility index (Phi) is 6.39. The number of allylic oxidation sites excluding steroid dienone is 3. The van der Waals surface area contributed by atoms with Crippen molar-refractivity contribution in [3.63, 3.8) is 0 Å². The lowest BCUT2D eigenvalue weighted by atomic mass is 9.57. The number of primary amides is 1. The number of nitrogens with two attached hydrogens (primary N) is 1. The van der Waals surface area contributed by atoms with Gasteiger partial charge in [-0.25, -0.2) is 4.79 Å². The van der Waals surface area contributed by atoms with Gasteiger partial charge in [0.15, 0.2) is 21.2 Å². The number of phenolic OH excluding ortho intramolecular Hbond substituents is 1. The molecule has 3 N–H and O–H groups in total. The minimum absolute atomic E-state index is 0.0649. The summed E-state index contributed by atoms with van der Waals surface area (Å²) in [7, 11) is 1.40. The number of fused-ring (bicyclic) bond motifs is 4. The summed E-state index contributed by atoms with van der Waals surface area (Å²) in [6.45, 7) is 0. The number of phenols is 1. The van der Waals surface area contributed by atoms with Gasteiger partial charge in [-0.15, -0.1) is 23.2 Å². The van der Waals surface area contributed by atoms with Gasteiger partial charge in [0.25, 0.3) is 11.8 Å². The van der Waals surface area contributed by atoms with Crippen molar-refractivity contribution in [3.05, 3.63) is 41.5 Å².